The third-order valence-corrected chi connectivity index (χ3v) is 6.14. The Kier molecular flexibility index (Phi) is 8.40. The molecule has 0 heterocycles. The lowest BCUT2D eigenvalue weighted by atomic mass is 9.99. The number of benzene rings is 4. The van der Waals surface area contributed by atoms with Crippen LogP contribution in [0.25, 0.3) is 6.08 Å². The number of nitriles is 1. The van der Waals surface area contributed by atoms with Gasteiger partial charge in [-0.15, -0.1) is 0 Å². The zero-order valence-electron chi connectivity index (χ0n) is 20.8. The highest BCUT2D eigenvalue weighted by Crippen LogP contribution is 2.24. The molecule has 0 aromatic heterocycles. The number of hydrogen-bond donors (Lipinski definition) is 1. The molecule has 4 aromatic carbocycles. The number of aryl methyl sites for hydroxylation is 2. The quantitative estimate of drug-likeness (QED) is 0.197. The number of halogens is 1. The molecule has 4 aromatic rings. The molecule has 37 heavy (non-hydrogen) atoms. The highest BCUT2D eigenvalue weighted by atomic mass is 35.5. The zero-order valence-corrected chi connectivity index (χ0v) is 21.5. The molecule has 0 fully saturated rings. The van der Waals surface area contributed by atoms with Crippen molar-refractivity contribution in [1.82, 2.24) is 0 Å². The van der Waals surface area contributed by atoms with Gasteiger partial charge in [0.2, 0.25) is 0 Å². The molecule has 0 unspecified atom stereocenters. The number of carbonyl (C=O) groups is 1. The fourth-order valence-corrected chi connectivity index (χ4v) is 4.33. The van der Waals surface area contributed by atoms with Gasteiger partial charge in [0.05, 0.1) is 0 Å². The SMILES string of the molecule is Cc1cc(C)cc(Cc2ccc(/C=C(\C#N)C(=O)Nc3ccc(OCc4ccccc4)cc3)cc2Cl)c1. The van der Waals surface area contributed by atoms with Gasteiger partial charge in [0.1, 0.15) is 24.0 Å². The molecule has 0 bridgehead atoms. The molecule has 0 radical (unpaired) electrons. The number of carbonyl (C=O) groups excluding carboxylic acids is 1. The lowest BCUT2D eigenvalue weighted by Gasteiger charge is -2.09. The van der Waals surface area contributed by atoms with E-state index in [9.17, 15) is 10.1 Å². The van der Waals surface area contributed by atoms with Crippen molar-refractivity contribution in [2.75, 3.05) is 5.32 Å². The summed E-state index contributed by atoms with van der Waals surface area (Å²) in [4.78, 5) is 12.7. The summed E-state index contributed by atoms with van der Waals surface area (Å²) < 4.78 is 5.78. The smallest absolute Gasteiger partial charge is 0.266 e. The van der Waals surface area contributed by atoms with E-state index in [1.165, 1.54) is 16.7 Å². The number of anilines is 1. The monoisotopic (exact) mass is 506 g/mol. The minimum atomic E-state index is -0.490. The van der Waals surface area contributed by atoms with Gasteiger partial charge in [-0.25, -0.2) is 0 Å². The summed E-state index contributed by atoms with van der Waals surface area (Å²) in [5.41, 5.74) is 6.92. The van der Waals surface area contributed by atoms with Crippen molar-refractivity contribution in [3.8, 4) is 11.8 Å². The first-order valence-electron chi connectivity index (χ1n) is 11.9. The average molecular weight is 507 g/mol. The van der Waals surface area contributed by atoms with Crippen LogP contribution in [-0.2, 0) is 17.8 Å². The topological polar surface area (TPSA) is 62.1 Å². The molecule has 4 nitrogen and oxygen atoms in total. The van der Waals surface area contributed by atoms with E-state index in [4.69, 9.17) is 16.3 Å². The molecule has 0 aliphatic rings. The fraction of sp³-hybridized carbons (Fsp3) is 0.125. The maximum absolute atomic E-state index is 12.7. The Hall–Kier alpha value is -4.33. The van der Waals surface area contributed by atoms with E-state index in [0.717, 1.165) is 11.1 Å². The first kappa shape index (κ1) is 25.8. The van der Waals surface area contributed by atoms with Crippen LogP contribution in [0.1, 0.15) is 33.4 Å². The minimum absolute atomic E-state index is 0.0115. The maximum Gasteiger partial charge on any atom is 0.266 e. The van der Waals surface area contributed by atoms with Crippen molar-refractivity contribution in [2.24, 2.45) is 0 Å². The molecule has 184 valence electrons. The molecule has 0 saturated carbocycles. The van der Waals surface area contributed by atoms with Gasteiger partial charge < -0.3 is 10.1 Å². The number of nitrogens with one attached hydrogen (secondary N) is 1. The minimum Gasteiger partial charge on any atom is -0.489 e. The lowest BCUT2D eigenvalue weighted by molar-refractivity contribution is -0.112. The Morgan fingerprint density at radius 3 is 2.27 bits per heavy atom. The Bertz CT molecular complexity index is 1450. The predicted octanol–water partition coefficient (Wildman–Crippen LogP) is 7.67. The first-order valence-corrected chi connectivity index (χ1v) is 12.3. The molecule has 5 heteroatoms. The van der Waals surface area contributed by atoms with E-state index in [-0.39, 0.29) is 5.57 Å². The molecular formula is C32H27ClN2O2. The number of amides is 1. The molecule has 1 N–H and O–H groups in total. The highest BCUT2D eigenvalue weighted by Gasteiger charge is 2.11. The Morgan fingerprint density at radius 2 is 1.62 bits per heavy atom. The second-order valence-electron chi connectivity index (χ2n) is 8.95. The second kappa shape index (κ2) is 12.1. The van der Waals surface area contributed by atoms with Crippen molar-refractivity contribution in [1.29, 1.82) is 5.26 Å². The third kappa shape index (κ3) is 7.33. The molecule has 0 saturated heterocycles. The van der Waals surface area contributed by atoms with Crippen molar-refractivity contribution in [3.05, 3.63) is 135 Å². The van der Waals surface area contributed by atoms with E-state index in [2.05, 4.69) is 37.4 Å². The van der Waals surface area contributed by atoms with Crippen LogP contribution in [0.15, 0.2) is 96.6 Å². The van der Waals surface area contributed by atoms with Crippen LogP contribution in [0.3, 0.4) is 0 Å². The first-order chi connectivity index (χ1) is 17.9. The van der Waals surface area contributed by atoms with Gasteiger partial charge >= 0.3 is 0 Å². The van der Waals surface area contributed by atoms with Gasteiger partial charge in [-0.3, -0.25) is 4.79 Å². The molecule has 0 atom stereocenters. The summed E-state index contributed by atoms with van der Waals surface area (Å²) in [6.45, 7) is 4.61. The van der Waals surface area contributed by atoms with Gasteiger partial charge in [0, 0.05) is 10.7 Å². The van der Waals surface area contributed by atoms with Gasteiger partial charge in [-0.1, -0.05) is 83.4 Å². The van der Waals surface area contributed by atoms with Crippen molar-refractivity contribution < 1.29 is 9.53 Å². The predicted molar refractivity (Wildman–Crippen MR) is 150 cm³/mol. The van der Waals surface area contributed by atoms with Crippen LogP contribution < -0.4 is 10.1 Å². The van der Waals surface area contributed by atoms with E-state index >= 15 is 0 Å². The van der Waals surface area contributed by atoms with E-state index in [1.807, 2.05) is 48.5 Å². The Balaban J connectivity index is 1.40. The number of rotatable bonds is 8. The molecule has 0 spiro atoms. The van der Waals surface area contributed by atoms with Crippen molar-refractivity contribution >= 4 is 29.3 Å². The molecule has 0 aliphatic carbocycles. The standard InChI is InChI=1S/C32H27ClN2O2/c1-22-14-23(2)16-26(15-22)18-27-9-8-25(19-31(27)33)17-28(20-34)32(36)35-29-10-12-30(13-11-29)37-21-24-6-4-3-5-7-24/h3-17,19H,18,21H2,1-2H3,(H,35,36)/b28-17+. The van der Waals surface area contributed by atoms with E-state index in [0.29, 0.717) is 35.1 Å². The number of hydrogen-bond acceptors (Lipinski definition) is 3. The largest absolute Gasteiger partial charge is 0.489 e. The van der Waals surface area contributed by atoms with Crippen molar-refractivity contribution in [2.45, 2.75) is 26.9 Å². The molecular weight excluding hydrogens is 480 g/mol. The molecule has 0 aliphatic heterocycles. The van der Waals surface area contributed by atoms with Gasteiger partial charge in [0.25, 0.3) is 5.91 Å². The molecule has 1 amide bonds. The van der Waals surface area contributed by atoms with Crippen LogP contribution >= 0.6 is 11.6 Å². The van der Waals surface area contributed by atoms with Crippen molar-refractivity contribution in [3.63, 3.8) is 0 Å². The summed E-state index contributed by atoms with van der Waals surface area (Å²) in [6.07, 6.45) is 2.25. The average Bonchev–Trinajstić information content (AvgIpc) is 2.88. The summed E-state index contributed by atoms with van der Waals surface area (Å²) >= 11 is 6.55. The van der Waals surface area contributed by atoms with Gasteiger partial charge in [-0.05, 0) is 78.9 Å². The van der Waals surface area contributed by atoms with Gasteiger partial charge in [0.15, 0.2) is 0 Å². The zero-order chi connectivity index (χ0) is 26.2. The third-order valence-electron chi connectivity index (χ3n) is 5.79. The Labute approximate surface area is 222 Å². The summed E-state index contributed by atoms with van der Waals surface area (Å²) in [6, 6.07) is 30.9. The number of ether oxygens (including phenoxy) is 1. The highest BCUT2D eigenvalue weighted by molar-refractivity contribution is 6.31. The van der Waals surface area contributed by atoms with E-state index in [1.54, 1.807) is 36.4 Å². The Morgan fingerprint density at radius 1 is 0.919 bits per heavy atom. The van der Waals surface area contributed by atoms with Gasteiger partial charge in [-0.2, -0.15) is 5.26 Å². The fourth-order valence-electron chi connectivity index (χ4n) is 4.08. The van der Waals surface area contributed by atoms with Crippen LogP contribution in [0.5, 0.6) is 5.75 Å². The summed E-state index contributed by atoms with van der Waals surface area (Å²) in [5, 5.41) is 13.0. The van der Waals surface area contributed by atoms with Crippen LogP contribution in [0.4, 0.5) is 5.69 Å². The normalized spacial score (nSPS) is 11.0. The van der Waals surface area contributed by atoms with Crippen LogP contribution in [-0.4, -0.2) is 5.91 Å². The second-order valence-corrected chi connectivity index (χ2v) is 9.35. The van der Waals surface area contributed by atoms with Crippen LogP contribution in [0, 0.1) is 25.2 Å². The van der Waals surface area contributed by atoms with Crippen LogP contribution in [0.2, 0.25) is 5.02 Å². The lowest BCUT2D eigenvalue weighted by Crippen LogP contribution is -2.13. The van der Waals surface area contributed by atoms with E-state index < -0.39 is 5.91 Å². The molecule has 4 rings (SSSR count). The maximum atomic E-state index is 12.7. The summed E-state index contributed by atoms with van der Waals surface area (Å²) in [5.74, 6) is 0.198. The number of nitrogens with zero attached hydrogens (tertiary/aromatic N) is 1. The summed E-state index contributed by atoms with van der Waals surface area (Å²) in [7, 11) is 0.